The van der Waals surface area contributed by atoms with Crippen LogP contribution >= 0.6 is 0 Å². The van der Waals surface area contributed by atoms with E-state index in [0.29, 0.717) is 5.69 Å². The molecule has 0 bridgehead atoms. The number of anilines is 1. The van der Waals surface area contributed by atoms with Gasteiger partial charge in [-0.05, 0) is 30.3 Å². The monoisotopic (exact) mass is 334 g/mol. The van der Waals surface area contributed by atoms with Gasteiger partial charge in [-0.15, -0.1) is 0 Å². The Labute approximate surface area is 137 Å². The van der Waals surface area contributed by atoms with E-state index in [0.717, 1.165) is 12.1 Å². The smallest absolute Gasteiger partial charge is 0.251 e. The summed E-state index contributed by atoms with van der Waals surface area (Å²) in [6, 6.07) is 9.39. The van der Waals surface area contributed by atoms with Gasteiger partial charge in [0.25, 0.3) is 5.91 Å². The van der Waals surface area contributed by atoms with Crippen LogP contribution in [0, 0.1) is 11.6 Å². The number of aliphatic hydroxyl groups excluding tert-OH is 1. The van der Waals surface area contributed by atoms with Crippen LogP contribution in [0.2, 0.25) is 0 Å². The predicted octanol–water partition coefficient (Wildman–Crippen LogP) is 2.39. The van der Waals surface area contributed by atoms with Crippen molar-refractivity contribution in [2.45, 2.75) is 13.0 Å². The summed E-state index contributed by atoms with van der Waals surface area (Å²) in [4.78, 5) is 23.1. The van der Waals surface area contributed by atoms with Crippen molar-refractivity contribution in [1.82, 2.24) is 5.32 Å². The summed E-state index contributed by atoms with van der Waals surface area (Å²) in [6.07, 6.45) is -1.52. The number of amides is 2. The first kappa shape index (κ1) is 17.6. The van der Waals surface area contributed by atoms with Crippen LogP contribution in [-0.2, 0) is 4.79 Å². The fourth-order valence-electron chi connectivity index (χ4n) is 2.16. The first-order valence-electron chi connectivity index (χ1n) is 7.16. The number of benzene rings is 2. The highest BCUT2D eigenvalue weighted by molar-refractivity contribution is 5.96. The third-order valence-corrected chi connectivity index (χ3v) is 3.23. The standard InChI is InChI=1S/C17H16F2N2O3/c1-10(22)21-12-5-2-4-11(8-12)17(24)20-9-15(23)16-13(18)6-3-7-14(16)19/h2-8,15,23H,9H2,1H3,(H,20,24)(H,21,22). The minimum atomic E-state index is -1.52. The largest absolute Gasteiger partial charge is 0.386 e. The van der Waals surface area contributed by atoms with E-state index in [2.05, 4.69) is 10.6 Å². The van der Waals surface area contributed by atoms with E-state index < -0.39 is 29.2 Å². The number of hydrogen-bond acceptors (Lipinski definition) is 3. The van der Waals surface area contributed by atoms with Crippen LogP contribution in [-0.4, -0.2) is 23.5 Å². The molecule has 1 unspecified atom stereocenters. The number of carbonyl (C=O) groups excluding carboxylic acids is 2. The van der Waals surface area contributed by atoms with Gasteiger partial charge in [0, 0.05) is 24.7 Å². The molecule has 0 heterocycles. The lowest BCUT2D eigenvalue weighted by atomic mass is 10.1. The van der Waals surface area contributed by atoms with Crippen molar-refractivity contribution in [1.29, 1.82) is 0 Å². The van der Waals surface area contributed by atoms with Crippen LogP contribution in [0.1, 0.15) is 28.9 Å². The summed E-state index contributed by atoms with van der Waals surface area (Å²) in [5.74, 6) is -2.59. The maximum atomic E-state index is 13.6. The molecule has 0 saturated carbocycles. The SMILES string of the molecule is CC(=O)Nc1cccc(C(=O)NCC(O)c2c(F)cccc2F)c1. The van der Waals surface area contributed by atoms with Crippen molar-refractivity contribution < 1.29 is 23.5 Å². The van der Waals surface area contributed by atoms with Crippen LogP contribution in [0.15, 0.2) is 42.5 Å². The molecule has 2 rings (SSSR count). The van der Waals surface area contributed by atoms with Crippen molar-refractivity contribution >= 4 is 17.5 Å². The molecule has 2 aromatic rings. The zero-order valence-electron chi connectivity index (χ0n) is 12.8. The zero-order valence-corrected chi connectivity index (χ0v) is 12.8. The molecule has 2 aromatic carbocycles. The zero-order chi connectivity index (χ0) is 17.7. The highest BCUT2D eigenvalue weighted by Gasteiger charge is 2.18. The van der Waals surface area contributed by atoms with Gasteiger partial charge in [0.2, 0.25) is 5.91 Å². The van der Waals surface area contributed by atoms with Gasteiger partial charge >= 0.3 is 0 Å². The van der Waals surface area contributed by atoms with Gasteiger partial charge in [-0.3, -0.25) is 9.59 Å². The normalized spacial score (nSPS) is 11.7. The van der Waals surface area contributed by atoms with E-state index in [4.69, 9.17) is 0 Å². The molecule has 0 saturated heterocycles. The highest BCUT2D eigenvalue weighted by atomic mass is 19.1. The summed E-state index contributed by atoms with van der Waals surface area (Å²) in [5, 5.41) is 14.8. The van der Waals surface area contributed by atoms with Crippen molar-refractivity contribution in [2.24, 2.45) is 0 Å². The lowest BCUT2D eigenvalue weighted by molar-refractivity contribution is -0.114. The van der Waals surface area contributed by atoms with Gasteiger partial charge in [-0.25, -0.2) is 8.78 Å². The third kappa shape index (κ3) is 4.36. The molecule has 1 atom stereocenters. The molecule has 5 nitrogen and oxygen atoms in total. The molecule has 0 radical (unpaired) electrons. The van der Waals surface area contributed by atoms with E-state index in [-0.39, 0.29) is 18.0 Å². The Bertz CT molecular complexity index is 745. The van der Waals surface area contributed by atoms with Gasteiger partial charge < -0.3 is 15.7 Å². The Morgan fingerprint density at radius 3 is 2.38 bits per heavy atom. The molecule has 0 aliphatic carbocycles. The van der Waals surface area contributed by atoms with Crippen molar-refractivity contribution in [3.05, 3.63) is 65.2 Å². The molecule has 24 heavy (non-hydrogen) atoms. The van der Waals surface area contributed by atoms with E-state index in [1.165, 1.54) is 25.1 Å². The van der Waals surface area contributed by atoms with Crippen molar-refractivity contribution in [3.8, 4) is 0 Å². The van der Waals surface area contributed by atoms with Gasteiger partial charge in [-0.2, -0.15) is 0 Å². The first-order chi connectivity index (χ1) is 11.4. The van der Waals surface area contributed by atoms with Crippen LogP contribution in [0.3, 0.4) is 0 Å². The minimum Gasteiger partial charge on any atom is -0.386 e. The summed E-state index contributed by atoms with van der Waals surface area (Å²) >= 11 is 0. The Morgan fingerprint density at radius 1 is 1.12 bits per heavy atom. The predicted molar refractivity (Wildman–Crippen MR) is 84.4 cm³/mol. The van der Waals surface area contributed by atoms with Crippen LogP contribution in [0.25, 0.3) is 0 Å². The number of carbonyl (C=O) groups is 2. The second kappa shape index (κ2) is 7.65. The van der Waals surface area contributed by atoms with Crippen LogP contribution < -0.4 is 10.6 Å². The maximum Gasteiger partial charge on any atom is 0.251 e. The Kier molecular flexibility index (Phi) is 5.59. The summed E-state index contributed by atoms with van der Waals surface area (Å²) < 4.78 is 27.1. The third-order valence-electron chi connectivity index (χ3n) is 3.23. The highest BCUT2D eigenvalue weighted by Crippen LogP contribution is 2.20. The Hall–Kier alpha value is -2.80. The second-order valence-corrected chi connectivity index (χ2v) is 5.12. The molecule has 3 N–H and O–H groups in total. The molecule has 0 aliphatic rings. The average Bonchev–Trinajstić information content (AvgIpc) is 2.52. The maximum absolute atomic E-state index is 13.6. The summed E-state index contributed by atoms with van der Waals surface area (Å²) in [5.41, 5.74) is 0.183. The number of hydrogen-bond donors (Lipinski definition) is 3. The summed E-state index contributed by atoms with van der Waals surface area (Å²) in [6.45, 7) is 0.979. The molecule has 0 aromatic heterocycles. The van der Waals surface area contributed by atoms with Gasteiger partial charge in [0.15, 0.2) is 0 Å². The Balaban J connectivity index is 2.04. The Morgan fingerprint density at radius 2 is 1.75 bits per heavy atom. The molecule has 126 valence electrons. The lowest BCUT2D eigenvalue weighted by Gasteiger charge is -2.14. The number of rotatable bonds is 5. The number of halogens is 2. The quantitative estimate of drug-likeness (QED) is 0.786. The molecule has 2 amide bonds. The molecular weight excluding hydrogens is 318 g/mol. The lowest BCUT2D eigenvalue weighted by Crippen LogP contribution is -2.29. The average molecular weight is 334 g/mol. The summed E-state index contributed by atoms with van der Waals surface area (Å²) in [7, 11) is 0. The molecule has 7 heteroatoms. The van der Waals surface area contributed by atoms with E-state index in [9.17, 15) is 23.5 Å². The molecule has 0 spiro atoms. The number of nitrogens with one attached hydrogen (secondary N) is 2. The van der Waals surface area contributed by atoms with Crippen molar-refractivity contribution in [3.63, 3.8) is 0 Å². The van der Waals surface area contributed by atoms with Crippen molar-refractivity contribution in [2.75, 3.05) is 11.9 Å². The topological polar surface area (TPSA) is 78.4 Å². The van der Waals surface area contributed by atoms with Gasteiger partial charge in [0.1, 0.15) is 17.7 Å². The van der Waals surface area contributed by atoms with Gasteiger partial charge in [-0.1, -0.05) is 12.1 Å². The van der Waals surface area contributed by atoms with E-state index >= 15 is 0 Å². The fraction of sp³-hybridized carbons (Fsp3) is 0.176. The van der Waals surface area contributed by atoms with Gasteiger partial charge in [0.05, 0.1) is 5.56 Å². The fourth-order valence-corrected chi connectivity index (χ4v) is 2.16. The van der Waals surface area contributed by atoms with Crippen LogP contribution in [0.4, 0.5) is 14.5 Å². The first-order valence-corrected chi connectivity index (χ1v) is 7.16. The van der Waals surface area contributed by atoms with E-state index in [1.54, 1.807) is 12.1 Å². The molecule has 0 fully saturated rings. The second-order valence-electron chi connectivity index (χ2n) is 5.12. The van der Waals surface area contributed by atoms with Crippen LogP contribution in [0.5, 0.6) is 0 Å². The molecule has 0 aliphatic heterocycles. The molecular formula is C17H16F2N2O3. The minimum absolute atomic E-state index is 0.238. The number of aliphatic hydroxyl groups is 1. The van der Waals surface area contributed by atoms with E-state index in [1.807, 2.05) is 0 Å².